The minimum absolute atomic E-state index is 0.187. The van der Waals surface area contributed by atoms with Gasteiger partial charge in [-0.1, -0.05) is 0 Å². The van der Waals surface area contributed by atoms with E-state index in [1.807, 2.05) is 0 Å². The minimum Gasteiger partial charge on any atom is -0.457 e. The fraction of sp³-hybridized carbons (Fsp3) is 0.235. The normalized spacial score (nSPS) is 14.0. The van der Waals surface area contributed by atoms with Crippen molar-refractivity contribution in [2.24, 2.45) is 5.11 Å². The van der Waals surface area contributed by atoms with E-state index in [0.29, 0.717) is 41.5 Å². The van der Waals surface area contributed by atoms with Gasteiger partial charge in [-0.2, -0.15) is 10.4 Å². The molecule has 0 saturated carbocycles. The van der Waals surface area contributed by atoms with Crippen molar-refractivity contribution in [1.82, 2.24) is 0 Å². The van der Waals surface area contributed by atoms with Gasteiger partial charge in [-0.25, -0.2) is 5.53 Å². The standard InChI is InChI=1S/C17H16BN3O4/c19-11-13-2-4-15(5-3-13)25-16-6-7-17(21-20)14(10-16)12-24-18-22-8-1-9-23-18/h2-7,10,20H,1,8-9,12H2. The third-order valence-electron chi connectivity index (χ3n) is 3.56. The number of hydrogen-bond acceptors (Lipinski definition) is 7. The molecule has 1 saturated heterocycles. The molecule has 0 spiro atoms. The van der Waals surface area contributed by atoms with Crippen LogP contribution in [0.2, 0.25) is 0 Å². The fourth-order valence-corrected chi connectivity index (χ4v) is 2.30. The summed E-state index contributed by atoms with van der Waals surface area (Å²) in [6.45, 7) is 1.39. The van der Waals surface area contributed by atoms with Crippen molar-refractivity contribution in [3.63, 3.8) is 0 Å². The number of ether oxygens (including phenoxy) is 1. The summed E-state index contributed by atoms with van der Waals surface area (Å²) in [6.07, 6.45) is 0.848. The summed E-state index contributed by atoms with van der Waals surface area (Å²) in [5.74, 6) is 1.20. The maximum absolute atomic E-state index is 8.83. The van der Waals surface area contributed by atoms with Crippen molar-refractivity contribution in [3.05, 3.63) is 53.6 Å². The van der Waals surface area contributed by atoms with Gasteiger partial charge in [0.25, 0.3) is 0 Å². The van der Waals surface area contributed by atoms with Gasteiger partial charge in [-0.3, -0.25) is 0 Å². The molecule has 0 aliphatic carbocycles. The molecule has 7 nitrogen and oxygen atoms in total. The minimum atomic E-state index is -0.699. The van der Waals surface area contributed by atoms with Crippen LogP contribution in [-0.2, 0) is 20.6 Å². The zero-order valence-electron chi connectivity index (χ0n) is 13.5. The Morgan fingerprint density at radius 3 is 2.52 bits per heavy atom. The van der Waals surface area contributed by atoms with Crippen molar-refractivity contribution in [2.45, 2.75) is 13.0 Å². The van der Waals surface area contributed by atoms with Gasteiger partial charge in [-0.05, 0) is 48.9 Å². The van der Waals surface area contributed by atoms with E-state index in [1.165, 1.54) is 0 Å². The third-order valence-corrected chi connectivity index (χ3v) is 3.56. The smallest absolute Gasteiger partial charge is 0.457 e. The summed E-state index contributed by atoms with van der Waals surface area (Å²) in [6, 6.07) is 14.0. The fourth-order valence-electron chi connectivity index (χ4n) is 2.30. The lowest BCUT2D eigenvalue weighted by Gasteiger charge is -2.19. The second-order valence-electron chi connectivity index (χ2n) is 5.34. The summed E-state index contributed by atoms with van der Waals surface area (Å²) < 4.78 is 22.0. The average molecular weight is 337 g/mol. The summed E-state index contributed by atoms with van der Waals surface area (Å²) in [5, 5.41) is 12.3. The molecule has 8 heteroatoms. The molecular weight excluding hydrogens is 321 g/mol. The Bertz CT molecular complexity index is 770. The Hall–Kier alpha value is -2.73. The highest BCUT2D eigenvalue weighted by molar-refractivity contribution is 6.36. The van der Waals surface area contributed by atoms with Crippen molar-refractivity contribution in [3.8, 4) is 17.6 Å². The molecule has 0 bridgehead atoms. The number of rotatable bonds is 6. The summed E-state index contributed by atoms with van der Waals surface area (Å²) in [7, 11) is -0.699. The van der Waals surface area contributed by atoms with Crippen LogP contribution in [0.3, 0.4) is 0 Å². The Balaban J connectivity index is 1.69. The summed E-state index contributed by atoms with van der Waals surface area (Å²) in [5.41, 5.74) is 9.03. The first-order valence-corrected chi connectivity index (χ1v) is 7.82. The second kappa shape index (κ2) is 8.40. The molecule has 25 heavy (non-hydrogen) atoms. The quantitative estimate of drug-likeness (QED) is 0.636. The molecular formula is C17H16BN3O4. The molecule has 1 N–H and O–H groups in total. The van der Waals surface area contributed by atoms with Crippen molar-refractivity contribution in [1.29, 1.82) is 10.8 Å². The van der Waals surface area contributed by atoms with Crippen molar-refractivity contribution >= 4 is 13.0 Å². The first-order chi connectivity index (χ1) is 12.3. The van der Waals surface area contributed by atoms with Crippen molar-refractivity contribution < 1.29 is 18.7 Å². The zero-order chi connectivity index (χ0) is 17.5. The highest BCUT2D eigenvalue weighted by Gasteiger charge is 2.25. The molecule has 3 rings (SSSR count). The predicted octanol–water partition coefficient (Wildman–Crippen LogP) is 3.95. The van der Waals surface area contributed by atoms with E-state index in [2.05, 4.69) is 11.2 Å². The van der Waals surface area contributed by atoms with Gasteiger partial charge in [0.15, 0.2) is 0 Å². The van der Waals surface area contributed by atoms with E-state index in [9.17, 15) is 0 Å². The summed E-state index contributed by atoms with van der Waals surface area (Å²) >= 11 is 0. The lowest BCUT2D eigenvalue weighted by Crippen LogP contribution is -2.32. The van der Waals surface area contributed by atoms with Gasteiger partial charge in [0.2, 0.25) is 0 Å². The topological polar surface area (TPSA) is 96.9 Å². The Kier molecular flexibility index (Phi) is 5.75. The summed E-state index contributed by atoms with van der Waals surface area (Å²) in [4.78, 5) is 0. The van der Waals surface area contributed by atoms with Crippen LogP contribution in [-0.4, -0.2) is 20.5 Å². The Morgan fingerprint density at radius 2 is 1.84 bits per heavy atom. The van der Waals surface area contributed by atoms with Gasteiger partial charge >= 0.3 is 7.32 Å². The lowest BCUT2D eigenvalue weighted by atomic mass is 10.1. The number of nitrogens with zero attached hydrogens (tertiary/aromatic N) is 2. The Morgan fingerprint density at radius 1 is 1.12 bits per heavy atom. The second-order valence-corrected chi connectivity index (χ2v) is 5.34. The molecule has 0 radical (unpaired) electrons. The van der Waals surface area contributed by atoms with Crippen LogP contribution in [0, 0.1) is 16.9 Å². The van der Waals surface area contributed by atoms with Crippen molar-refractivity contribution in [2.75, 3.05) is 13.2 Å². The molecule has 2 aromatic rings. The Labute approximate surface area is 145 Å². The van der Waals surface area contributed by atoms with E-state index in [1.54, 1.807) is 42.5 Å². The van der Waals surface area contributed by atoms with E-state index >= 15 is 0 Å². The highest BCUT2D eigenvalue weighted by atomic mass is 16.7. The van der Waals surface area contributed by atoms with Crippen LogP contribution in [0.5, 0.6) is 11.5 Å². The van der Waals surface area contributed by atoms with Crippen LogP contribution in [0.1, 0.15) is 17.5 Å². The third kappa shape index (κ3) is 4.64. The molecule has 0 aromatic heterocycles. The maximum Gasteiger partial charge on any atom is 0.639 e. The van der Waals surface area contributed by atoms with Gasteiger partial charge in [0.05, 0.1) is 23.9 Å². The molecule has 1 aliphatic heterocycles. The molecule has 0 unspecified atom stereocenters. The lowest BCUT2D eigenvalue weighted by molar-refractivity contribution is 0.0488. The van der Waals surface area contributed by atoms with Crippen LogP contribution >= 0.6 is 0 Å². The molecule has 126 valence electrons. The maximum atomic E-state index is 8.83. The van der Waals surface area contributed by atoms with Gasteiger partial charge in [-0.15, -0.1) is 0 Å². The predicted molar refractivity (Wildman–Crippen MR) is 89.5 cm³/mol. The number of nitriles is 1. The first-order valence-electron chi connectivity index (χ1n) is 7.82. The molecule has 1 heterocycles. The molecule has 0 amide bonds. The van der Waals surface area contributed by atoms with E-state index in [-0.39, 0.29) is 6.61 Å². The van der Waals surface area contributed by atoms with Gasteiger partial charge in [0.1, 0.15) is 11.5 Å². The molecule has 1 aliphatic rings. The van der Waals surface area contributed by atoms with E-state index in [4.69, 9.17) is 29.5 Å². The molecule has 0 atom stereocenters. The number of nitrogens with one attached hydrogen (secondary N) is 1. The van der Waals surface area contributed by atoms with Crippen LogP contribution in [0.25, 0.3) is 0 Å². The largest absolute Gasteiger partial charge is 0.639 e. The first kappa shape index (κ1) is 17.1. The molecule has 2 aromatic carbocycles. The van der Waals surface area contributed by atoms with Crippen LogP contribution in [0.4, 0.5) is 5.69 Å². The van der Waals surface area contributed by atoms with E-state index < -0.39 is 7.32 Å². The molecule has 1 fully saturated rings. The monoisotopic (exact) mass is 337 g/mol. The van der Waals surface area contributed by atoms with Crippen LogP contribution < -0.4 is 4.74 Å². The number of hydrogen-bond donors (Lipinski definition) is 1. The van der Waals surface area contributed by atoms with E-state index in [0.717, 1.165) is 6.42 Å². The SMILES string of the molecule is N#Cc1ccc(Oc2ccc(N=N)c(COB3OCCCO3)c2)cc1. The zero-order valence-corrected chi connectivity index (χ0v) is 13.5. The average Bonchev–Trinajstić information content (AvgIpc) is 2.68. The highest BCUT2D eigenvalue weighted by Crippen LogP contribution is 2.29. The van der Waals surface area contributed by atoms with Gasteiger partial charge < -0.3 is 18.7 Å². The number of benzene rings is 2. The van der Waals surface area contributed by atoms with Crippen LogP contribution in [0.15, 0.2) is 47.6 Å². The van der Waals surface area contributed by atoms with Gasteiger partial charge in [0, 0.05) is 18.8 Å².